The highest BCUT2D eigenvalue weighted by Crippen LogP contribution is 2.04. The number of rotatable bonds is 7. The van der Waals surface area contributed by atoms with Crippen LogP contribution < -0.4 is 0 Å². The lowest BCUT2D eigenvalue weighted by Gasteiger charge is -2.07. The molecule has 82 valence electrons. The maximum atomic E-state index is 5.40. The van der Waals surface area contributed by atoms with Gasteiger partial charge in [0.25, 0.3) is 0 Å². The molecule has 0 rings (SSSR count). The van der Waals surface area contributed by atoms with Crippen molar-refractivity contribution in [3.05, 3.63) is 24.2 Å². The van der Waals surface area contributed by atoms with Crippen LogP contribution in [0.4, 0.5) is 0 Å². The summed E-state index contributed by atoms with van der Waals surface area (Å²) in [5.41, 5.74) is 0. The van der Waals surface area contributed by atoms with Crippen molar-refractivity contribution in [1.82, 2.24) is 0 Å². The fourth-order valence-corrected chi connectivity index (χ4v) is 0.895. The Morgan fingerprint density at radius 3 is 2.50 bits per heavy atom. The van der Waals surface area contributed by atoms with Crippen LogP contribution in [-0.2, 0) is 9.47 Å². The van der Waals surface area contributed by atoms with Gasteiger partial charge in [-0.15, -0.1) is 0 Å². The van der Waals surface area contributed by atoms with Crippen molar-refractivity contribution in [2.75, 3.05) is 6.79 Å². The van der Waals surface area contributed by atoms with Gasteiger partial charge < -0.3 is 9.47 Å². The first kappa shape index (κ1) is 13.1. The summed E-state index contributed by atoms with van der Waals surface area (Å²) in [7, 11) is 0. The van der Waals surface area contributed by atoms with Gasteiger partial charge in [0.1, 0.15) is 0 Å². The maximum Gasteiger partial charge on any atom is 0.229 e. The molecule has 0 saturated carbocycles. The number of hydrogen-bond acceptors (Lipinski definition) is 2. The fraction of sp³-hybridized carbons (Fsp3) is 0.667. The summed E-state index contributed by atoms with van der Waals surface area (Å²) < 4.78 is 10.6. The predicted molar refractivity (Wildman–Crippen MR) is 59.7 cm³/mol. The third kappa shape index (κ3) is 7.71. The van der Waals surface area contributed by atoms with E-state index in [0.717, 1.165) is 18.6 Å². The first-order valence-electron chi connectivity index (χ1n) is 5.30. The number of allylic oxidation sites excluding steroid dienone is 3. The molecule has 0 amide bonds. The Hall–Kier alpha value is -0.920. The first-order chi connectivity index (χ1) is 6.70. The molecule has 0 saturated heterocycles. The lowest BCUT2D eigenvalue weighted by molar-refractivity contribution is 0.0252. The Balaban J connectivity index is 3.57. The van der Waals surface area contributed by atoms with Crippen molar-refractivity contribution in [2.45, 2.75) is 40.5 Å². The van der Waals surface area contributed by atoms with Crippen LogP contribution in [0.2, 0.25) is 0 Å². The van der Waals surface area contributed by atoms with Crippen LogP contribution in [0.1, 0.15) is 40.5 Å². The maximum absolute atomic E-state index is 5.40. The van der Waals surface area contributed by atoms with E-state index in [1.165, 1.54) is 0 Å². The van der Waals surface area contributed by atoms with Gasteiger partial charge in [-0.25, -0.2) is 0 Å². The van der Waals surface area contributed by atoms with Gasteiger partial charge in [0.2, 0.25) is 6.79 Å². The molecule has 0 heterocycles. The fourth-order valence-electron chi connectivity index (χ4n) is 0.895. The summed E-state index contributed by atoms with van der Waals surface area (Å²) in [6.45, 7) is 8.69. The van der Waals surface area contributed by atoms with E-state index in [1.807, 2.05) is 6.08 Å². The summed E-state index contributed by atoms with van der Waals surface area (Å²) in [6, 6.07) is 0. The van der Waals surface area contributed by atoms with Crippen molar-refractivity contribution < 1.29 is 9.47 Å². The highest BCUT2D eigenvalue weighted by Gasteiger charge is 1.92. The van der Waals surface area contributed by atoms with E-state index in [4.69, 9.17) is 9.47 Å². The second kappa shape index (κ2) is 8.67. The third-order valence-corrected chi connectivity index (χ3v) is 1.65. The first-order valence-corrected chi connectivity index (χ1v) is 5.30. The largest absolute Gasteiger partial charge is 0.465 e. The van der Waals surface area contributed by atoms with E-state index in [0.29, 0.717) is 12.7 Å². The Labute approximate surface area is 87.6 Å². The molecule has 2 heteroatoms. The van der Waals surface area contributed by atoms with Crippen LogP contribution in [0, 0.1) is 5.92 Å². The highest BCUT2D eigenvalue weighted by atomic mass is 16.7. The van der Waals surface area contributed by atoms with Gasteiger partial charge in [-0.2, -0.15) is 0 Å². The quantitative estimate of drug-likeness (QED) is 0.351. The van der Waals surface area contributed by atoms with Gasteiger partial charge in [0.05, 0.1) is 12.0 Å². The molecule has 0 radical (unpaired) electrons. The van der Waals surface area contributed by atoms with Crippen molar-refractivity contribution >= 4 is 0 Å². The summed E-state index contributed by atoms with van der Waals surface area (Å²) in [6.07, 6.45) is 7.70. The molecule has 0 bridgehead atoms. The molecule has 2 nitrogen and oxygen atoms in total. The number of hydrogen-bond donors (Lipinski definition) is 0. The lowest BCUT2D eigenvalue weighted by Crippen LogP contribution is -1.95. The van der Waals surface area contributed by atoms with Gasteiger partial charge in [-0.3, -0.25) is 0 Å². The zero-order valence-corrected chi connectivity index (χ0v) is 9.75. The van der Waals surface area contributed by atoms with E-state index in [1.54, 1.807) is 6.26 Å². The Bertz CT molecular complexity index is 181. The average molecular weight is 198 g/mol. The van der Waals surface area contributed by atoms with Crippen LogP contribution in [-0.4, -0.2) is 6.79 Å². The summed E-state index contributed by atoms with van der Waals surface area (Å²) in [5.74, 6) is 1.53. The normalized spacial score (nSPS) is 12.5. The minimum atomic E-state index is 0.308. The average Bonchev–Trinajstić information content (AvgIpc) is 2.15. The van der Waals surface area contributed by atoms with Crippen LogP contribution >= 0.6 is 0 Å². The molecule has 0 aliphatic carbocycles. The van der Waals surface area contributed by atoms with Crippen molar-refractivity contribution in [1.29, 1.82) is 0 Å². The topological polar surface area (TPSA) is 18.5 Å². The van der Waals surface area contributed by atoms with Crippen LogP contribution in [0.25, 0.3) is 0 Å². The van der Waals surface area contributed by atoms with Gasteiger partial charge in [0.15, 0.2) is 0 Å². The molecule has 0 aromatic heterocycles. The number of ether oxygens (including phenoxy) is 2. The van der Waals surface area contributed by atoms with E-state index in [9.17, 15) is 0 Å². The van der Waals surface area contributed by atoms with Crippen LogP contribution in [0.5, 0.6) is 0 Å². The standard InChI is InChI=1S/C12H22O2/c1-5-7-12(6-2)14-10-13-9-8-11(3)4/h7-9,11H,5-6,10H2,1-4H3/b9-8+,12-7+. The van der Waals surface area contributed by atoms with Gasteiger partial charge >= 0.3 is 0 Å². The molecular weight excluding hydrogens is 176 g/mol. The Kier molecular flexibility index (Phi) is 8.10. The van der Waals surface area contributed by atoms with Crippen molar-refractivity contribution in [2.24, 2.45) is 5.92 Å². The van der Waals surface area contributed by atoms with E-state index < -0.39 is 0 Å². The smallest absolute Gasteiger partial charge is 0.229 e. The molecule has 0 aliphatic rings. The monoisotopic (exact) mass is 198 g/mol. The second-order valence-corrected chi connectivity index (χ2v) is 3.43. The minimum Gasteiger partial charge on any atom is -0.465 e. The van der Waals surface area contributed by atoms with E-state index in [-0.39, 0.29) is 0 Å². The molecule has 0 aromatic rings. The molecule has 0 N–H and O–H groups in total. The Morgan fingerprint density at radius 1 is 1.29 bits per heavy atom. The zero-order valence-electron chi connectivity index (χ0n) is 9.75. The molecule has 0 spiro atoms. The summed E-state index contributed by atoms with van der Waals surface area (Å²) >= 11 is 0. The summed E-state index contributed by atoms with van der Waals surface area (Å²) in [4.78, 5) is 0. The SMILES string of the molecule is CC/C=C(\CC)OCO/C=C/C(C)C. The van der Waals surface area contributed by atoms with Crippen LogP contribution in [0.15, 0.2) is 24.2 Å². The van der Waals surface area contributed by atoms with Crippen LogP contribution in [0.3, 0.4) is 0 Å². The second-order valence-electron chi connectivity index (χ2n) is 3.43. The molecule has 0 atom stereocenters. The van der Waals surface area contributed by atoms with Crippen molar-refractivity contribution in [3.63, 3.8) is 0 Å². The lowest BCUT2D eigenvalue weighted by atomic mass is 10.2. The predicted octanol–water partition coefficient (Wildman–Crippen LogP) is 3.85. The molecule has 0 fully saturated rings. The van der Waals surface area contributed by atoms with E-state index in [2.05, 4.69) is 33.8 Å². The molecular formula is C12H22O2. The van der Waals surface area contributed by atoms with Gasteiger partial charge in [-0.05, 0) is 24.5 Å². The summed E-state index contributed by atoms with van der Waals surface area (Å²) in [5, 5.41) is 0. The molecule has 14 heavy (non-hydrogen) atoms. The molecule has 0 aliphatic heterocycles. The third-order valence-electron chi connectivity index (χ3n) is 1.65. The minimum absolute atomic E-state index is 0.308. The van der Waals surface area contributed by atoms with Crippen molar-refractivity contribution in [3.8, 4) is 0 Å². The van der Waals surface area contributed by atoms with Gasteiger partial charge in [-0.1, -0.05) is 27.7 Å². The molecule has 0 aromatic carbocycles. The Morgan fingerprint density at radius 2 is 2.00 bits per heavy atom. The van der Waals surface area contributed by atoms with Gasteiger partial charge in [0, 0.05) is 6.42 Å². The zero-order chi connectivity index (χ0) is 10.8. The highest BCUT2D eigenvalue weighted by molar-refractivity contribution is 4.90. The van der Waals surface area contributed by atoms with E-state index >= 15 is 0 Å². The molecule has 0 unspecified atom stereocenters.